The first-order valence-corrected chi connectivity index (χ1v) is 8.29. The van der Waals surface area contributed by atoms with E-state index in [1.165, 1.54) is 4.90 Å². The van der Waals surface area contributed by atoms with Crippen LogP contribution in [0.2, 0.25) is 0 Å². The molecule has 0 spiro atoms. The molecule has 0 bridgehead atoms. The summed E-state index contributed by atoms with van der Waals surface area (Å²) in [5.41, 5.74) is 1.84. The van der Waals surface area contributed by atoms with E-state index in [4.69, 9.17) is 0 Å². The van der Waals surface area contributed by atoms with Gasteiger partial charge in [0.2, 0.25) is 0 Å². The molecule has 22 heavy (non-hydrogen) atoms. The molecule has 0 radical (unpaired) electrons. The van der Waals surface area contributed by atoms with Crippen molar-refractivity contribution in [3.8, 4) is 0 Å². The molecule has 0 atom stereocenters. The van der Waals surface area contributed by atoms with Crippen molar-refractivity contribution in [3.05, 3.63) is 75.1 Å². The number of amides is 2. The molecule has 0 saturated carbocycles. The number of hydrogen-bond donors (Lipinski definition) is 0. The highest BCUT2D eigenvalue weighted by Gasteiger charge is 2.34. The van der Waals surface area contributed by atoms with E-state index in [1.807, 2.05) is 54.6 Å². The van der Waals surface area contributed by atoms with Gasteiger partial charge in [0.1, 0.15) is 0 Å². The number of nitrogens with zero attached hydrogens (tertiary/aromatic N) is 1. The lowest BCUT2D eigenvalue weighted by Gasteiger charge is -2.12. The Morgan fingerprint density at radius 1 is 1.00 bits per heavy atom. The first-order chi connectivity index (χ1) is 10.6. The molecule has 2 aromatic carbocycles. The number of carbonyl (C=O) groups excluding carboxylic acids is 2. The molecular weight excluding hydrogens is 362 g/mol. The van der Waals surface area contributed by atoms with Gasteiger partial charge in [-0.1, -0.05) is 58.4 Å². The molecule has 2 aromatic rings. The lowest BCUT2D eigenvalue weighted by Crippen LogP contribution is -2.27. The fraction of sp³-hybridized carbons (Fsp3) is 0.0588. The number of thioether (sulfide) groups is 1. The molecule has 0 unspecified atom stereocenters. The second-order valence-electron chi connectivity index (χ2n) is 4.81. The molecule has 1 fully saturated rings. The smallest absolute Gasteiger partial charge is 0.268 e. The van der Waals surface area contributed by atoms with Crippen LogP contribution < -0.4 is 0 Å². The minimum absolute atomic E-state index is 0.225. The summed E-state index contributed by atoms with van der Waals surface area (Å²) < 4.78 is 0.974. The molecule has 3 rings (SSSR count). The van der Waals surface area contributed by atoms with Crippen LogP contribution in [0, 0.1) is 0 Å². The molecule has 3 nitrogen and oxygen atoms in total. The third kappa shape index (κ3) is 3.31. The Morgan fingerprint density at radius 2 is 1.68 bits per heavy atom. The number of benzene rings is 2. The second kappa shape index (κ2) is 6.50. The molecular formula is C17H12BrNO2S. The second-order valence-corrected chi connectivity index (χ2v) is 6.71. The van der Waals surface area contributed by atoms with Crippen LogP contribution in [0.5, 0.6) is 0 Å². The van der Waals surface area contributed by atoms with Crippen molar-refractivity contribution in [1.29, 1.82) is 0 Å². The summed E-state index contributed by atoms with van der Waals surface area (Å²) in [7, 11) is 0. The summed E-state index contributed by atoms with van der Waals surface area (Å²) in [6.45, 7) is 0.309. The van der Waals surface area contributed by atoms with Gasteiger partial charge in [-0.15, -0.1) is 0 Å². The van der Waals surface area contributed by atoms with E-state index in [0.29, 0.717) is 11.4 Å². The fourth-order valence-corrected chi connectivity index (χ4v) is 3.22. The van der Waals surface area contributed by atoms with Gasteiger partial charge in [-0.3, -0.25) is 14.5 Å². The Hall–Kier alpha value is -1.85. The number of hydrogen-bond acceptors (Lipinski definition) is 3. The van der Waals surface area contributed by atoms with Crippen LogP contribution >= 0.6 is 27.7 Å². The van der Waals surface area contributed by atoms with Gasteiger partial charge in [0.05, 0.1) is 11.4 Å². The van der Waals surface area contributed by atoms with Crippen LogP contribution in [0.15, 0.2) is 64.0 Å². The molecule has 1 saturated heterocycles. The largest absolute Gasteiger partial charge is 0.293 e. The Morgan fingerprint density at radius 3 is 2.36 bits per heavy atom. The first kappa shape index (κ1) is 15.1. The predicted octanol–water partition coefficient (Wildman–Crippen LogP) is 4.69. The van der Waals surface area contributed by atoms with E-state index in [-0.39, 0.29) is 11.1 Å². The zero-order valence-corrected chi connectivity index (χ0v) is 13.9. The van der Waals surface area contributed by atoms with Gasteiger partial charge in [-0.05, 0) is 41.1 Å². The standard InChI is InChI=1S/C17H12BrNO2S/c18-14-8-6-12(7-9-14)10-15-16(20)19(17(21)22-15)11-13-4-2-1-3-5-13/h1-10H,11H2/b15-10+. The van der Waals surface area contributed by atoms with Crippen molar-refractivity contribution >= 4 is 44.9 Å². The average Bonchev–Trinajstić information content (AvgIpc) is 2.78. The summed E-state index contributed by atoms with van der Waals surface area (Å²) in [6.07, 6.45) is 1.75. The Bertz CT molecular complexity index is 741. The molecule has 0 N–H and O–H groups in total. The van der Waals surface area contributed by atoms with E-state index in [2.05, 4.69) is 15.9 Å². The minimum Gasteiger partial charge on any atom is -0.268 e. The third-order valence-electron chi connectivity index (χ3n) is 3.22. The van der Waals surface area contributed by atoms with Crippen LogP contribution in [0.1, 0.15) is 11.1 Å². The predicted molar refractivity (Wildman–Crippen MR) is 92.1 cm³/mol. The molecule has 1 aliphatic heterocycles. The molecule has 5 heteroatoms. The van der Waals surface area contributed by atoms with Gasteiger partial charge in [0.15, 0.2) is 0 Å². The van der Waals surface area contributed by atoms with Crippen molar-refractivity contribution in [1.82, 2.24) is 4.90 Å². The van der Waals surface area contributed by atoms with Crippen LogP contribution in [-0.2, 0) is 11.3 Å². The van der Waals surface area contributed by atoms with Crippen molar-refractivity contribution in [2.45, 2.75) is 6.54 Å². The summed E-state index contributed by atoms with van der Waals surface area (Å²) in [4.78, 5) is 26.2. The van der Waals surface area contributed by atoms with E-state index >= 15 is 0 Å². The van der Waals surface area contributed by atoms with Crippen LogP contribution in [0.4, 0.5) is 4.79 Å². The fourth-order valence-electron chi connectivity index (χ4n) is 2.11. The quantitative estimate of drug-likeness (QED) is 0.732. The highest BCUT2D eigenvalue weighted by Crippen LogP contribution is 2.33. The van der Waals surface area contributed by atoms with Gasteiger partial charge >= 0.3 is 0 Å². The van der Waals surface area contributed by atoms with E-state index < -0.39 is 0 Å². The van der Waals surface area contributed by atoms with Crippen LogP contribution in [0.3, 0.4) is 0 Å². The van der Waals surface area contributed by atoms with Gasteiger partial charge in [0.25, 0.3) is 11.1 Å². The summed E-state index contributed by atoms with van der Waals surface area (Å²) in [5.74, 6) is -0.234. The SMILES string of the molecule is O=C1S/C(=C/c2ccc(Br)cc2)C(=O)N1Cc1ccccc1. The number of rotatable bonds is 3. The third-order valence-corrected chi connectivity index (χ3v) is 4.66. The van der Waals surface area contributed by atoms with Crippen molar-refractivity contribution in [3.63, 3.8) is 0 Å². The number of imide groups is 1. The molecule has 1 aliphatic rings. The monoisotopic (exact) mass is 373 g/mol. The molecule has 0 aliphatic carbocycles. The normalized spacial score (nSPS) is 16.6. The summed E-state index contributed by atoms with van der Waals surface area (Å²) in [6, 6.07) is 17.1. The van der Waals surface area contributed by atoms with E-state index in [0.717, 1.165) is 27.4 Å². The number of halogens is 1. The maximum absolute atomic E-state index is 12.4. The van der Waals surface area contributed by atoms with E-state index in [1.54, 1.807) is 6.08 Å². The Kier molecular flexibility index (Phi) is 4.45. The zero-order chi connectivity index (χ0) is 15.5. The summed E-state index contributed by atoms with van der Waals surface area (Å²) >= 11 is 4.36. The van der Waals surface area contributed by atoms with Gasteiger partial charge in [-0.2, -0.15) is 0 Å². The molecule has 0 aromatic heterocycles. The lowest BCUT2D eigenvalue weighted by molar-refractivity contribution is -0.123. The molecule has 110 valence electrons. The lowest BCUT2D eigenvalue weighted by atomic mass is 10.2. The minimum atomic E-state index is -0.234. The van der Waals surface area contributed by atoms with E-state index in [9.17, 15) is 9.59 Å². The van der Waals surface area contributed by atoms with Crippen LogP contribution in [-0.4, -0.2) is 16.0 Å². The maximum atomic E-state index is 12.4. The van der Waals surface area contributed by atoms with Gasteiger partial charge in [-0.25, -0.2) is 0 Å². The van der Waals surface area contributed by atoms with Crippen molar-refractivity contribution in [2.24, 2.45) is 0 Å². The molecule has 1 heterocycles. The highest BCUT2D eigenvalue weighted by molar-refractivity contribution is 9.10. The molecule has 2 amide bonds. The van der Waals surface area contributed by atoms with Gasteiger partial charge in [0, 0.05) is 4.47 Å². The Labute approximate surface area is 141 Å². The Balaban J connectivity index is 1.80. The van der Waals surface area contributed by atoms with Crippen molar-refractivity contribution in [2.75, 3.05) is 0 Å². The maximum Gasteiger partial charge on any atom is 0.293 e. The highest BCUT2D eigenvalue weighted by atomic mass is 79.9. The topological polar surface area (TPSA) is 37.4 Å². The summed E-state index contributed by atoms with van der Waals surface area (Å²) in [5, 5.41) is -0.225. The van der Waals surface area contributed by atoms with Gasteiger partial charge < -0.3 is 0 Å². The average molecular weight is 374 g/mol. The van der Waals surface area contributed by atoms with Crippen LogP contribution in [0.25, 0.3) is 6.08 Å². The first-order valence-electron chi connectivity index (χ1n) is 6.68. The zero-order valence-electron chi connectivity index (χ0n) is 11.5. The van der Waals surface area contributed by atoms with Crippen molar-refractivity contribution < 1.29 is 9.59 Å². The number of carbonyl (C=O) groups is 2.